The number of carbonyl (C=O) groups is 2. The van der Waals surface area contributed by atoms with Crippen molar-refractivity contribution in [1.29, 1.82) is 0 Å². The smallest absolute Gasteiger partial charge is 0.274 e. The molecule has 1 aromatic rings. The van der Waals surface area contributed by atoms with Crippen molar-refractivity contribution in [3.63, 3.8) is 0 Å². The summed E-state index contributed by atoms with van der Waals surface area (Å²) in [7, 11) is 0. The lowest BCUT2D eigenvalue weighted by Gasteiger charge is -2.52. The van der Waals surface area contributed by atoms with Crippen molar-refractivity contribution in [2.75, 3.05) is 6.54 Å². The summed E-state index contributed by atoms with van der Waals surface area (Å²) >= 11 is 1.36. The number of Topliss-reactive ketones (excluding diaryl/α,β-unsaturated/α-hetero) is 1. The van der Waals surface area contributed by atoms with Crippen LogP contribution in [0.1, 0.15) is 47.5 Å². The van der Waals surface area contributed by atoms with Crippen molar-refractivity contribution in [3.8, 4) is 0 Å². The second-order valence-electron chi connectivity index (χ2n) is 5.32. The minimum Gasteiger partial charge on any atom is -0.331 e. The van der Waals surface area contributed by atoms with Gasteiger partial charge in [0.1, 0.15) is 11.5 Å². The average molecular weight is 264 g/mol. The molecule has 1 saturated carbocycles. The van der Waals surface area contributed by atoms with Crippen molar-refractivity contribution in [2.24, 2.45) is 0 Å². The van der Waals surface area contributed by atoms with Crippen molar-refractivity contribution in [2.45, 2.75) is 44.6 Å². The molecule has 2 heterocycles. The SMILES string of the molecule is Cc1cc(C(=O)N2CCC(=O)CC23CCC3)ns1. The lowest BCUT2D eigenvalue weighted by atomic mass is 9.69. The molecule has 2 fully saturated rings. The minimum atomic E-state index is -0.177. The normalized spacial score (nSPS) is 22.1. The molecule has 1 aliphatic heterocycles. The molecule has 4 nitrogen and oxygen atoms in total. The van der Waals surface area contributed by atoms with Gasteiger partial charge in [0, 0.05) is 24.3 Å². The van der Waals surface area contributed by atoms with E-state index in [2.05, 4.69) is 4.37 Å². The van der Waals surface area contributed by atoms with Gasteiger partial charge in [-0.25, -0.2) is 0 Å². The second-order valence-corrected chi connectivity index (χ2v) is 6.33. The van der Waals surface area contributed by atoms with Gasteiger partial charge >= 0.3 is 0 Å². The summed E-state index contributed by atoms with van der Waals surface area (Å²) in [5.74, 6) is 0.305. The molecule has 0 atom stereocenters. The van der Waals surface area contributed by atoms with E-state index in [4.69, 9.17) is 0 Å². The van der Waals surface area contributed by atoms with Crippen molar-refractivity contribution in [3.05, 3.63) is 16.6 Å². The number of hydrogen-bond donors (Lipinski definition) is 0. The van der Waals surface area contributed by atoms with E-state index in [9.17, 15) is 9.59 Å². The maximum atomic E-state index is 12.5. The lowest BCUT2D eigenvalue weighted by molar-refractivity contribution is -0.128. The van der Waals surface area contributed by atoms with E-state index in [1.807, 2.05) is 17.9 Å². The van der Waals surface area contributed by atoms with E-state index in [-0.39, 0.29) is 11.4 Å². The van der Waals surface area contributed by atoms with Gasteiger partial charge in [-0.3, -0.25) is 9.59 Å². The third kappa shape index (κ3) is 1.77. The standard InChI is InChI=1S/C13H16N2O2S/c1-9-7-11(14-18-9)12(17)15-6-3-10(16)8-13(15)4-2-5-13/h7H,2-6,8H2,1H3. The molecule has 3 rings (SSSR count). The Morgan fingerprint density at radius 2 is 2.28 bits per heavy atom. The van der Waals surface area contributed by atoms with Crippen LogP contribution in [0.3, 0.4) is 0 Å². The van der Waals surface area contributed by atoms with E-state index in [1.54, 1.807) is 0 Å². The molecule has 2 aliphatic rings. The first-order valence-corrected chi connectivity index (χ1v) is 7.15. The number of nitrogens with zero attached hydrogens (tertiary/aromatic N) is 2. The van der Waals surface area contributed by atoms with E-state index >= 15 is 0 Å². The Labute approximate surface area is 110 Å². The Morgan fingerprint density at radius 3 is 2.83 bits per heavy atom. The molecular formula is C13H16N2O2S. The van der Waals surface area contributed by atoms with Crippen LogP contribution in [0.5, 0.6) is 0 Å². The number of likely N-dealkylation sites (tertiary alicyclic amines) is 1. The summed E-state index contributed by atoms with van der Waals surface area (Å²) in [6, 6.07) is 1.84. The van der Waals surface area contributed by atoms with Gasteiger partial charge in [-0.1, -0.05) is 0 Å². The molecule has 0 unspecified atom stereocenters. The molecule has 1 spiro atoms. The van der Waals surface area contributed by atoms with Gasteiger partial charge in [-0.15, -0.1) is 0 Å². The Hall–Kier alpha value is -1.23. The van der Waals surface area contributed by atoms with Gasteiger partial charge in [-0.2, -0.15) is 4.37 Å². The lowest BCUT2D eigenvalue weighted by Crippen LogP contribution is -2.60. The quantitative estimate of drug-likeness (QED) is 0.781. The largest absolute Gasteiger partial charge is 0.331 e. The fraction of sp³-hybridized carbons (Fsp3) is 0.615. The highest BCUT2D eigenvalue weighted by molar-refractivity contribution is 7.05. The highest BCUT2D eigenvalue weighted by atomic mass is 32.1. The summed E-state index contributed by atoms with van der Waals surface area (Å²) in [5, 5.41) is 0. The molecule has 5 heteroatoms. The number of rotatable bonds is 1. The average Bonchev–Trinajstić information content (AvgIpc) is 2.73. The molecule has 0 N–H and O–H groups in total. The molecule has 1 aromatic heterocycles. The van der Waals surface area contributed by atoms with Crippen LogP contribution in [-0.2, 0) is 4.79 Å². The number of amides is 1. The first-order valence-electron chi connectivity index (χ1n) is 6.38. The predicted molar refractivity (Wildman–Crippen MR) is 68.7 cm³/mol. The minimum absolute atomic E-state index is 0.00606. The Bertz CT molecular complexity index is 505. The fourth-order valence-electron chi connectivity index (χ4n) is 2.98. The zero-order chi connectivity index (χ0) is 12.8. The van der Waals surface area contributed by atoms with Gasteiger partial charge in [0.25, 0.3) is 5.91 Å². The highest BCUT2D eigenvalue weighted by Crippen LogP contribution is 2.43. The van der Waals surface area contributed by atoms with Crippen LogP contribution in [0.4, 0.5) is 0 Å². The summed E-state index contributed by atoms with van der Waals surface area (Å²) in [4.78, 5) is 27.1. The van der Waals surface area contributed by atoms with E-state index in [0.717, 1.165) is 24.1 Å². The molecule has 1 aliphatic carbocycles. The zero-order valence-electron chi connectivity index (χ0n) is 10.4. The van der Waals surface area contributed by atoms with E-state index in [0.29, 0.717) is 30.9 Å². The number of ketones is 1. The zero-order valence-corrected chi connectivity index (χ0v) is 11.3. The second kappa shape index (κ2) is 4.16. The Balaban J connectivity index is 1.86. The molecule has 0 aromatic carbocycles. The molecule has 1 saturated heterocycles. The summed E-state index contributed by atoms with van der Waals surface area (Å²) in [6.07, 6.45) is 4.09. The summed E-state index contributed by atoms with van der Waals surface area (Å²) < 4.78 is 4.20. The third-order valence-electron chi connectivity index (χ3n) is 4.09. The molecular weight excluding hydrogens is 248 g/mol. The Kier molecular flexibility index (Phi) is 2.73. The number of aromatic nitrogens is 1. The van der Waals surface area contributed by atoms with Crippen LogP contribution in [0.25, 0.3) is 0 Å². The van der Waals surface area contributed by atoms with Crippen LogP contribution in [0, 0.1) is 6.92 Å². The third-order valence-corrected chi connectivity index (χ3v) is 4.78. The van der Waals surface area contributed by atoms with Crippen LogP contribution in [-0.4, -0.2) is 33.0 Å². The topological polar surface area (TPSA) is 50.3 Å². The van der Waals surface area contributed by atoms with Gasteiger partial charge in [-0.05, 0) is 43.8 Å². The van der Waals surface area contributed by atoms with Crippen molar-refractivity contribution in [1.82, 2.24) is 9.27 Å². The van der Waals surface area contributed by atoms with Crippen LogP contribution in [0.15, 0.2) is 6.07 Å². The molecule has 0 radical (unpaired) electrons. The van der Waals surface area contributed by atoms with Gasteiger partial charge in [0.05, 0.1) is 5.54 Å². The number of piperidine rings is 1. The van der Waals surface area contributed by atoms with Crippen LogP contribution in [0.2, 0.25) is 0 Å². The van der Waals surface area contributed by atoms with E-state index in [1.165, 1.54) is 11.5 Å². The predicted octanol–water partition coefficient (Wildman–Crippen LogP) is 2.18. The summed E-state index contributed by atoms with van der Waals surface area (Å²) in [6.45, 7) is 2.52. The first-order chi connectivity index (χ1) is 8.61. The van der Waals surface area contributed by atoms with Gasteiger partial charge in [0.2, 0.25) is 0 Å². The number of carbonyl (C=O) groups excluding carboxylic acids is 2. The fourth-order valence-corrected chi connectivity index (χ4v) is 3.52. The maximum absolute atomic E-state index is 12.5. The molecule has 0 bridgehead atoms. The van der Waals surface area contributed by atoms with E-state index < -0.39 is 0 Å². The Morgan fingerprint density at radius 1 is 1.50 bits per heavy atom. The molecule has 1 amide bonds. The summed E-state index contributed by atoms with van der Waals surface area (Å²) in [5.41, 5.74) is 0.363. The molecule has 96 valence electrons. The van der Waals surface area contributed by atoms with Gasteiger partial charge in [0.15, 0.2) is 0 Å². The van der Waals surface area contributed by atoms with Gasteiger partial charge < -0.3 is 4.90 Å². The highest BCUT2D eigenvalue weighted by Gasteiger charge is 2.48. The maximum Gasteiger partial charge on any atom is 0.274 e. The number of hydrogen-bond acceptors (Lipinski definition) is 4. The van der Waals surface area contributed by atoms with Crippen molar-refractivity contribution < 1.29 is 9.59 Å². The van der Waals surface area contributed by atoms with Crippen LogP contribution >= 0.6 is 11.5 Å². The van der Waals surface area contributed by atoms with Crippen molar-refractivity contribution >= 4 is 23.2 Å². The van der Waals surface area contributed by atoms with Crippen LogP contribution < -0.4 is 0 Å². The first kappa shape index (κ1) is 11.8. The number of aryl methyl sites for hydroxylation is 1. The monoisotopic (exact) mass is 264 g/mol. The molecule has 18 heavy (non-hydrogen) atoms.